The van der Waals surface area contributed by atoms with Gasteiger partial charge in [0.15, 0.2) is 0 Å². The van der Waals surface area contributed by atoms with Gasteiger partial charge in [-0.05, 0) is 41.6 Å². The van der Waals surface area contributed by atoms with Gasteiger partial charge in [0.2, 0.25) is 0 Å². The Hall–Kier alpha value is -2.91. The minimum atomic E-state index is -0.431. The van der Waals surface area contributed by atoms with E-state index in [9.17, 15) is 14.4 Å². The number of carbonyl (C=O) groups is 2. The van der Waals surface area contributed by atoms with Gasteiger partial charge >= 0.3 is 0 Å². The molecule has 2 fully saturated rings. The van der Waals surface area contributed by atoms with Gasteiger partial charge in [-0.15, -0.1) is 0 Å². The average molecular weight is 383 g/mol. The number of hydrogen-bond donors (Lipinski definition) is 3. The number of rotatable bonds is 3. The SMILES string of the molecule is O=C1NC(=O)C(=Cc2c[nH]c(=O)c(-c3ccc(N4CCNCC4)nc3)c2)S1. The number of thioether (sulfide) groups is 1. The van der Waals surface area contributed by atoms with Crippen LogP contribution in [0.5, 0.6) is 0 Å². The van der Waals surface area contributed by atoms with Crippen LogP contribution in [-0.2, 0) is 4.79 Å². The molecular formula is C18H17N5O3S. The third-order valence-electron chi connectivity index (χ3n) is 4.37. The molecule has 2 saturated heterocycles. The Kier molecular flexibility index (Phi) is 4.78. The monoisotopic (exact) mass is 383 g/mol. The van der Waals surface area contributed by atoms with Gasteiger partial charge in [-0.3, -0.25) is 19.7 Å². The lowest BCUT2D eigenvalue weighted by atomic mass is 10.1. The largest absolute Gasteiger partial charge is 0.354 e. The number of anilines is 1. The van der Waals surface area contributed by atoms with Crippen LogP contribution in [-0.4, -0.2) is 47.3 Å². The van der Waals surface area contributed by atoms with E-state index < -0.39 is 11.1 Å². The van der Waals surface area contributed by atoms with E-state index in [2.05, 4.69) is 25.5 Å². The Labute approximate surface area is 159 Å². The molecule has 2 aromatic heterocycles. The Balaban J connectivity index is 1.61. The number of aromatic nitrogens is 2. The lowest BCUT2D eigenvalue weighted by Gasteiger charge is -2.28. The summed E-state index contributed by atoms with van der Waals surface area (Å²) < 4.78 is 0. The zero-order valence-corrected chi connectivity index (χ0v) is 15.1. The van der Waals surface area contributed by atoms with E-state index in [4.69, 9.17) is 0 Å². The molecule has 0 aliphatic carbocycles. The van der Waals surface area contributed by atoms with E-state index in [0.29, 0.717) is 21.6 Å². The first-order valence-corrected chi connectivity index (χ1v) is 9.31. The second-order valence-corrected chi connectivity index (χ2v) is 7.18. The van der Waals surface area contributed by atoms with Crippen molar-refractivity contribution in [3.05, 3.63) is 51.4 Å². The van der Waals surface area contributed by atoms with Gasteiger partial charge in [0, 0.05) is 49.7 Å². The third kappa shape index (κ3) is 3.79. The number of imide groups is 1. The standard InChI is InChI=1S/C18H17N5O3S/c24-16-13(7-11(9-21-16)8-14-17(25)22-18(26)27-14)12-1-2-15(20-10-12)23-5-3-19-4-6-23/h1-2,7-10,19H,3-6H2,(H,21,24)(H,22,25,26). The Morgan fingerprint density at radius 3 is 2.63 bits per heavy atom. The molecule has 2 amide bonds. The number of nitrogens with zero attached hydrogens (tertiary/aromatic N) is 2. The predicted octanol–water partition coefficient (Wildman–Crippen LogP) is 1.17. The number of carbonyl (C=O) groups excluding carboxylic acids is 2. The maximum absolute atomic E-state index is 12.3. The summed E-state index contributed by atoms with van der Waals surface area (Å²) in [4.78, 5) is 44.9. The van der Waals surface area contributed by atoms with Crippen LogP contribution in [0.25, 0.3) is 17.2 Å². The summed E-state index contributed by atoms with van der Waals surface area (Å²) in [6, 6.07) is 5.46. The molecule has 4 heterocycles. The molecule has 2 aliphatic rings. The van der Waals surface area contributed by atoms with Gasteiger partial charge in [-0.1, -0.05) is 0 Å². The molecule has 0 atom stereocenters. The highest BCUT2D eigenvalue weighted by molar-refractivity contribution is 8.18. The van der Waals surface area contributed by atoms with Crippen molar-refractivity contribution >= 4 is 34.8 Å². The molecule has 27 heavy (non-hydrogen) atoms. The molecule has 2 aromatic rings. The number of nitrogens with one attached hydrogen (secondary N) is 3. The second kappa shape index (κ2) is 7.37. The molecule has 3 N–H and O–H groups in total. The summed E-state index contributed by atoms with van der Waals surface area (Å²) in [7, 11) is 0. The van der Waals surface area contributed by atoms with Crippen molar-refractivity contribution in [2.24, 2.45) is 0 Å². The van der Waals surface area contributed by atoms with Crippen LogP contribution >= 0.6 is 11.8 Å². The van der Waals surface area contributed by atoms with Crippen LogP contribution in [0.4, 0.5) is 10.6 Å². The molecule has 8 nitrogen and oxygen atoms in total. The summed E-state index contributed by atoms with van der Waals surface area (Å²) in [5.41, 5.74) is 1.53. The first kappa shape index (κ1) is 17.5. The van der Waals surface area contributed by atoms with Crippen LogP contribution in [0, 0.1) is 0 Å². The van der Waals surface area contributed by atoms with Gasteiger partial charge in [0.25, 0.3) is 16.7 Å². The number of hydrogen-bond acceptors (Lipinski definition) is 7. The van der Waals surface area contributed by atoms with Gasteiger partial charge in [0.05, 0.1) is 4.91 Å². The zero-order chi connectivity index (χ0) is 18.8. The zero-order valence-electron chi connectivity index (χ0n) is 14.3. The maximum Gasteiger partial charge on any atom is 0.290 e. The molecule has 0 saturated carbocycles. The van der Waals surface area contributed by atoms with Crippen LogP contribution in [0.3, 0.4) is 0 Å². The van der Waals surface area contributed by atoms with Gasteiger partial charge in [-0.2, -0.15) is 0 Å². The number of H-pyrrole nitrogens is 1. The first-order chi connectivity index (χ1) is 13.1. The molecule has 0 aromatic carbocycles. The summed E-state index contributed by atoms with van der Waals surface area (Å²) in [6.45, 7) is 3.64. The molecular weight excluding hydrogens is 366 g/mol. The fourth-order valence-electron chi connectivity index (χ4n) is 3.00. The maximum atomic E-state index is 12.3. The lowest BCUT2D eigenvalue weighted by molar-refractivity contribution is -0.115. The van der Waals surface area contributed by atoms with Crippen molar-refractivity contribution in [3.63, 3.8) is 0 Å². The highest BCUT2D eigenvalue weighted by Crippen LogP contribution is 2.26. The second-order valence-electron chi connectivity index (χ2n) is 6.17. The van der Waals surface area contributed by atoms with E-state index in [1.165, 1.54) is 6.20 Å². The quantitative estimate of drug-likeness (QED) is 0.683. The van der Waals surface area contributed by atoms with Gasteiger partial charge < -0.3 is 15.2 Å². The molecule has 0 radical (unpaired) electrons. The summed E-state index contributed by atoms with van der Waals surface area (Å²) in [6.07, 6.45) is 4.77. The minimum Gasteiger partial charge on any atom is -0.354 e. The third-order valence-corrected chi connectivity index (χ3v) is 5.18. The van der Waals surface area contributed by atoms with E-state index in [0.717, 1.165) is 43.8 Å². The average Bonchev–Trinajstić information content (AvgIpc) is 3.01. The van der Waals surface area contributed by atoms with Crippen LogP contribution in [0.1, 0.15) is 5.56 Å². The molecule has 2 aliphatic heterocycles. The Morgan fingerprint density at radius 2 is 1.96 bits per heavy atom. The lowest BCUT2D eigenvalue weighted by Crippen LogP contribution is -2.43. The van der Waals surface area contributed by atoms with E-state index >= 15 is 0 Å². The van der Waals surface area contributed by atoms with Crippen LogP contribution in [0.15, 0.2) is 40.3 Å². The molecule has 0 unspecified atom stereocenters. The summed E-state index contributed by atoms with van der Waals surface area (Å²) in [5.74, 6) is 0.451. The number of pyridine rings is 2. The molecule has 138 valence electrons. The fraction of sp³-hybridized carbons (Fsp3) is 0.222. The Morgan fingerprint density at radius 1 is 1.15 bits per heavy atom. The number of piperazine rings is 1. The van der Waals surface area contributed by atoms with Crippen LogP contribution < -0.4 is 21.1 Å². The van der Waals surface area contributed by atoms with Crippen molar-refractivity contribution in [2.45, 2.75) is 0 Å². The van der Waals surface area contributed by atoms with Crippen molar-refractivity contribution in [1.82, 2.24) is 20.6 Å². The molecule has 9 heteroatoms. The highest BCUT2D eigenvalue weighted by atomic mass is 32.2. The van der Waals surface area contributed by atoms with Crippen molar-refractivity contribution in [2.75, 3.05) is 31.1 Å². The Bertz CT molecular complexity index is 977. The summed E-state index contributed by atoms with van der Waals surface area (Å²) >= 11 is 0.839. The van der Waals surface area contributed by atoms with Gasteiger partial charge in [-0.25, -0.2) is 4.98 Å². The number of amides is 2. The molecule has 4 rings (SSSR count). The van der Waals surface area contributed by atoms with Gasteiger partial charge in [0.1, 0.15) is 5.82 Å². The molecule has 0 spiro atoms. The van der Waals surface area contributed by atoms with E-state index in [-0.39, 0.29) is 5.56 Å². The van der Waals surface area contributed by atoms with Crippen molar-refractivity contribution in [3.8, 4) is 11.1 Å². The smallest absolute Gasteiger partial charge is 0.290 e. The fourth-order valence-corrected chi connectivity index (χ4v) is 3.68. The van der Waals surface area contributed by atoms with E-state index in [1.54, 1.807) is 18.3 Å². The summed E-state index contributed by atoms with van der Waals surface area (Å²) in [5, 5.41) is 5.11. The predicted molar refractivity (Wildman–Crippen MR) is 104 cm³/mol. The minimum absolute atomic E-state index is 0.242. The topological polar surface area (TPSA) is 107 Å². The normalized spacial score (nSPS) is 18.8. The van der Waals surface area contributed by atoms with Crippen LogP contribution in [0.2, 0.25) is 0 Å². The number of aromatic amines is 1. The van der Waals surface area contributed by atoms with Crippen molar-refractivity contribution < 1.29 is 9.59 Å². The van der Waals surface area contributed by atoms with Crippen molar-refractivity contribution in [1.29, 1.82) is 0 Å². The molecule has 0 bridgehead atoms. The van der Waals surface area contributed by atoms with E-state index in [1.807, 2.05) is 12.1 Å². The first-order valence-electron chi connectivity index (χ1n) is 8.50. The highest BCUT2D eigenvalue weighted by Gasteiger charge is 2.25.